The van der Waals surface area contributed by atoms with E-state index in [0.717, 1.165) is 45.2 Å². The molecule has 4 atom stereocenters. The van der Waals surface area contributed by atoms with E-state index in [-0.39, 0.29) is 30.1 Å². The van der Waals surface area contributed by atoms with E-state index in [9.17, 15) is 28.6 Å². The summed E-state index contributed by atoms with van der Waals surface area (Å²) in [5.41, 5.74) is 1.86. The van der Waals surface area contributed by atoms with E-state index >= 15 is 0 Å². The van der Waals surface area contributed by atoms with Crippen molar-refractivity contribution in [2.45, 2.75) is 103 Å². The van der Waals surface area contributed by atoms with Crippen LogP contribution in [0.2, 0.25) is 0 Å². The zero-order chi connectivity index (χ0) is 37.2. The van der Waals surface area contributed by atoms with Crippen LogP contribution in [0.3, 0.4) is 0 Å². The van der Waals surface area contributed by atoms with Crippen molar-refractivity contribution in [3.8, 4) is 0 Å². The molecule has 0 heterocycles. The molecular formula is C44H50F2N2O4. The molecule has 0 radical (unpaired) electrons. The summed E-state index contributed by atoms with van der Waals surface area (Å²) in [5.74, 6) is -2.88. The molecule has 1 fully saturated rings. The fraction of sp³-hybridized carbons (Fsp3) is 0.409. The first-order chi connectivity index (χ1) is 24.8. The van der Waals surface area contributed by atoms with Gasteiger partial charge >= 0.3 is 6.03 Å². The summed E-state index contributed by atoms with van der Waals surface area (Å²) in [6.45, 7) is 8.32. The number of amides is 2. The Bertz CT molecular complexity index is 1990. The van der Waals surface area contributed by atoms with E-state index < -0.39 is 34.5 Å². The highest BCUT2D eigenvalue weighted by molar-refractivity contribution is 6.10. The summed E-state index contributed by atoms with van der Waals surface area (Å²) in [4.78, 5) is 29.9. The smallest absolute Gasteiger partial charge is 0.317 e. The maximum Gasteiger partial charge on any atom is 0.317 e. The van der Waals surface area contributed by atoms with E-state index in [1.54, 1.807) is 11.0 Å². The van der Waals surface area contributed by atoms with Gasteiger partial charge in [0.2, 0.25) is 0 Å². The molecule has 4 unspecified atom stereocenters. The fourth-order valence-corrected chi connectivity index (χ4v) is 8.48. The van der Waals surface area contributed by atoms with Gasteiger partial charge in [-0.05, 0) is 123 Å². The highest BCUT2D eigenvalue weighted by atomic mass is 19.2. The zero-order valence-corrected chi connectivity index (χ0v) is 30.6. The molecule has 2 bridgehead atoms. The molecule has 7 rings (SSSR count). The molecule has 0 aromatic heterocycles. The molecule has 274 valence electrons. The lowest BCUT2D eigenvalue weighted by atomic mass is 9.64. The number of ketones is 1. The van der Waals surface area contributed by atoms with Crippen LogP contribution >= 0.6 is 0 Å². The first-order valence-electron chi connectivity index (χ1n) is 18.5. The number of aliphatic hydroxyl groups excluding tert-OH is 1. The Hall–Kier alpha value is -4.40. The maximum atomic E-state index is 14.4. The van der Waals surface area contributed by atoms with Crippen molar-refractivity contribution < 1.29 is 28.6 Å². The van der Waals surface area contributed by atoms with Crippen molar-refractivity contribution in [3.63, 3.8) is 0 Å². The molecule has 3 aliphatic rings. The molecule has 6 nitrogen and oxygen atoms in total. The topological polar surface area (TPSA) is 89.9 Å². The number of hydrogen-bond donors (Lipinski definition) is 3. The maximum absolute atomic E-state index is 14.4. The standard InChI is InChI=1S/C44H50F2N2O4/c1-28(2)47-42(51)48(26-33-12-7-11-31-10-5-6-13-35(31)33)27-44(52)22-20-38-36-18-15-30(23-34(49)17-14-29(3)9-8-21-43(38,44)4)24-37(36)41(50)32-16-19-39(45)40(46)25-32/h5-7,9-13,15-16,18-19,24-25,28,34,38,49,52H,8,14,17,20-23,26-27H2,1-4H3,(H,47,51). The van der Waals surface area contributed by atoms with Crippen LogP contribution in [0.5, 0.6) is 0 Å². The molecule has 1 saturated carbocycles. The van der Waals surface area contributed by atoms with Gasteiger partial charge in [-0.25, -0.2) is 13.6 Å². The number of hydrogen-bond acceptors (Lipinski definition) is 4. The molecule has 3 N–H and O–H groups in total. The fourth-order valence-electron chi connectivity index (χ4n) is 8.48. The summed E-state index contributed by atoms with van der Waals surface area (Å²) in [7, 11) is 0. The van der Waals surface area contributed by atoms with Crippen molar-refractivity contribution in [1.29, 1.82) is 0 Å². The van der Waals surface area contributed by atoms with Crippen molar-refractivity contribution in [1.82, 2.24) is 10.2 Å². The van der Waals surface area contributed by atoms with Crippen molar-refractivity contribution in [3.05, 3.63) is 130 Å². The van der Waals surface area contributed by atoms with Gasteiger partial charge < -0.3 is 20.4 Å². The van der Waals surface area contributed by atoms with E-state index in [4.69, 9.17) is 0 Å². The third-order valence-electron chi connectivity index (χ3n) is 11.5. The molecule has 0 aliphatic heterocycles. The first-order valence-corrected chi connectivity index (χ1v) is 18.5. The molecular weight excluding hydrogens is 658 g/mol. The van der Waals surface area contributed by atoms with Crippen LogP contribution in [-0.4, -0.2) is 51.2 Å². The molecule has 52 heavy (non-hydrogen) atoms. The molecule has 8 heteroatoms. The predicted molar refractivity (Wildman–Crippen MR) is 201 cm³/mol. The van der Waals surface area contributed by atoms with Crippen LogP contribution in [0.1, 0.15) is 105 Å². The number of carbonyl (C=O) groups is 2. The van der Waals surface area contributed by atoms with Crippen LogP contribution in [0.15, 0.2) is 90.5 Å². The van der Waals surface area contributed by atoms with Crippen molar-refractivity contribution in [2.75, 3.05) is 6.54 Å². The highest BCUT2D eigenvalue weighted by Gasteiger charge is 2.57. The van der Waals surface area contributed by atoms with Gasteiger partial charge in [0.1, 0.15) is 0 Å². The summed E-state index contributed by atoms with van der Waals surface area (Å²) >= 11 is 0. The molecule has 0 saturated heterocycles. The van der Waals surface area contributed by atoms with Crippen molar-refractivity contribution >= 4 is 22.6 Å². The SMILES string of the molecule is CC1=CCCC2(C)C(CCC2(O)CN(Cc2cccc3ccccc23)C(=O)NC(C)C)c2ccc(cc2C(=O)c2ccc(F)c(F)c2)CC(O)CC1. The number of urea groups is 1. The second kappa shape index (κ2) is 15.3. The van der Waals surface area contributed by atoms with Crippen LogP contribution in [0, 0.1) is 17.0 Å². The molecule has 4 aromatic carbocycles. The third kappa shape index (κ3) is 7.69. The quantitative estimate of drug-likeness (QED) is 0.132. The molecule has 2 amide bonds. The lowest BCUT2D eigenvalue weighted by molar-refractivity contribution is -0.0780. The minimum atomic E-state index is -1.34. The van der Waals surface area contributed by atoms with E-state index in [2.05, 4.69) is 25.2 Å². The number of benzene rings is 4. The number of nitrogens with zero attached hydrogens (tertiary/aromatic N) is 1. The average Bonchev–Trinajstić information content (AvgIpc) is 3.36. The summed E-state index contributed by atoms with van der Waals surface area (Å²) in [5, 5.41) is 29.1. The number of allylic oxidation sites excluding steroid dienone is 2. The summed E-state index contributed by atoms with van der Waals surface area (Å²) < 4.78 is 28.4. The minimum absolute atomic E-state index is 0.0269. The normalized spacial score (nSPS) is 23.6. The van der Waals surface area contributed by atoms with Gasteiger partial charge in [0.25, 0.3) is 0 Å². The Labute approximate surface area is 305 Å². The lowest BCUT2D eigenvalue weighted by Crippen LogP contribution is -2.55. The molecule has 0 spiro atoms. The Balaban J connectivity index is 1.44. The largest absolute Gasteiger partial charge is 0.393 e. The van der Waals surface area contributed by atoms with Gasteiger partial charge in [0, 0.05) is 29.1 Å². The Morgan fingerprint density at radius 3 is 2.50 bits per heavy atom. The third-order valence-corrected chi connectivity index (χ3v) is 11.5. The van der Waals surface area contributed by atoms with Gasteiger partial charge in [0.15, 0.2) is 17.4 Å². The van der Waals surface area contributed by atoms with Gasteiger partial charge in [-0.2, -0.15) is 0 Å². The molecule has 3 aliphatic carbocycles. The zero-order valence-electron chi connectivity index (χ0n) is 30.6. The van der Waals surface area contributed by atoms with Crippen LogP contribution in [0.25, 0.3) is 10.8 Å². The minimum Gasteiger partial charge on any atom is -0.393 e. The number of nitrogens with one attached hydrogen (secondary N) is 1. The number of carbonyl (C=O) groups excluding carboxylic acids is 2. The molecule has 4 aromatic rings. The van der Waals surface area contributed by atoms with Crippen LogP contribution in [-0.2, 0) is 13.0 Å². The summed E-state index contributed by atoms with van der Waals surface area (Å²) in [6.07, 6.45) is 5.31. The Morgan fingerprint density at radius 1 is 0.962 bits per heavy atom. The number of aliphatic hydroxyl groups is 2. The lowest BCUT2D eigenvalue weighted by Gasteiger charge is -2.46. The van der Waals surface area contributed by atoms with Crippen molar-refractivity contribution in [2.24, 2.45) is 5.41 Å². The second-order valence-corrected chi connectivity index (χ2v) is 15.5. The monoisotopic (exact) mass is 708 g/mol. The van der Waals surface area contributed by atoms with Gasteiger partial charge in [-0.15, -0.1) is 0 Å². The van der Waals surface area contributed by atoms with Gasteiger partial charge in [0.05, 0.1) is 18.2 Å². The van der Waals surface area contributed by atoms with E-state index in [1.165, 1.54) is 6.07 Å². The average molecular weight is 709 g/mol. The highest BCUT2D eigenvalue weighted by Crippen LogP contribution is 2.59. The Morgan fingerprint density at radius 2 is 1.73 bits per heavy atom. The summed E-state index contributed by atoms with van der Waals surface area (Å²) in [6, 6.07) is 22.5. The second-order valence-electron chi connectivity index (χ2n) is 15.5. The van der Waals surface area contributed by atoms with Crippen LogP contribution in [0.4, 0.5) is 13.6 Å². The first kappa shape index (κ1) is 37.4. The number of halogens is 2. The predicted octanol–water partition coefficient (Wildman–Crippen LogP) is 9.01. The van der Waals surface area contributed by atoms with Crippen LogP contribution < -0.4 is 5.32 Å². The van der Waals surface area contributed by atoms with Gasteiger partial charge in [-0.1, -0.05) is 73.2 Å². The number of rotatable bonds is 7. The van der Waals surface area contributed by atoms with Gasteiger partial charge in [-0.3, -0.25) is 4.79 Å². The number of fused-ring (bicyclic) bond motifs is 9. The Kier molecular flexibility index (Phi) is 11.0. The van der Waals surface area contributed by atoms with E-state index in [0.29, 0.717) is 57.1 Å². The van der Waals surface area contributed by atoms with E-state index in [1.807, 2.05) is 68.4 Å².